The predicted molar refractivity (Wildman–Crippen MR) is 76.7 cm³/mol. The first-order valence-electron chi connectivity index (χ1n) is 5.76. The molecule has 0 aromatic carbocycles. The molecule has 1 atom stereocenters. The first-order chi connectivity index (χ1) is 9.00. The van der Waals surface area contributed by atoms with Gasteiger partial charge >= 0.3 is 5.97 Å². The Morgan fingerprint density at radius 2 is 2.21 bits per heavy atom. The highest BCUT2D eigenvalue weighted by Crippen LogP contribution is 2.30. The molecule has 2 heterocycles. The SMILES string of the molecule is CC(c1cccs1)N(C)c1nc(C(=O)O)ccc1N. The summed E-state index contributed by atoms with van der Waals surface area (Å²) < 4.78 is 0. The van der Waals surface area contributed by atoms with E-state index in [0.29, 0.717) is 11.5 Å². The van der Waals surface area contributed by atoms with Crippen molar-refractivity contribution in [3.8, 4) is 0 Å². The van der Waals surface area contributed by atoms with E-state index in [1.165, 1.54) is 10.9 Å². The van der Waals surface area contributed by atoms with Crippen molar-refractivity contribution in [2.45, 2.75) is 13.0 Å². The Morgan fingerprint density at radius 1 is 1.47 bits per heavy atom. The van der Waals surface area contributed by atoms with E-state index >= 15 is 0 Å². The molecular weight excluding hydrogens is 262 g/mol. The van der Waals surface area contributed by atoms with E-state index in [-0.39, 0.29) is 11.7 Å². The third kappa shape index (κ3) is 2.68. The van der Waals surface area contributed by atoms with Gasteiger partial charge in [0.1, 0.15) is 0 Å². The summed E-state index contributed by atoms with van der Waals surface area (Å²) >= 11 is 1.64. The number of carbonyl (C=O) groups is 1. The molecule has 0 saturated heterocycles. The minimum atomic E-state index is -1.06. The minimum Gasteiger partial charge on any atom is -0.477 e. The smallest absolute Gasteiger partial charge is 0.354 e. The molecule has 0 bridgehead atoms. The number of nitrogen functional groups attached to an aromatic ring is 1. The van der Waals surface area contributed by atoms with Crippen molar-refractivity contribution in [1.29, 1.82) is 0 Å². The first kappa shape index (κ1) is 13.4. The summed E-state index contributed by atoms with van der Waals surface area (Å²) in [7, 11) is 1.86. The fraction of sp³-hybridized carbons (Fsp3) is 0.231. The molecule has 19 heavy (non-hydrogen) atoms. The largest absolute Gasteiger partial charge is 0.477 e. The molecule has 5 nitrogen and oxygen atoms in total. The number of anilines is 2. The monoisotopic (exact) mass is 277 g/mol. The van der Waals surface area contributed by atoms with Gasteiger partial charge in [0.2, 0.25) is 0 Å². The van der Waals surface area contributed by atoms with E-state index in [1.54, 1.807) is 17.4 Å². The van der Waals surface area contributed by atoms with E-state index in [0.717, 1.165) is 0 Å². The molecular formula is C13H15N3O2S. The zero-order valence-corrected chi connectivity index (χ0v) is 11.5. The van der Waals surface area contributed by atoms with Crippen molar-refractivity contribution in [3.05, 3.63) is 40.2 Å². The van der Waals surface area contributed by atoms with E-state index in [1.807, 2.05) is 36.4 Å². The van der Waals surface area contributed by atoms with Crippen LogP contribution in [0.15, 0.2) is 29.6 Å². The maximum absolute atomic E-state index is 11.0. The molecule has 0 aliphatic carbocycles. The van der Waals surface area contributed by atoms with E-state index in [4.69, 9.17) is 10.8 Å². The molecule has 0 fully saturated rings. The van der Waals surface area contributed by atoms with Crippen LogP contribution < -0.4 is 10.6 Å². The average Bonchev–Trinajstić information content (AvgIpc) is 2.91. The van der Waals surface area contributed by atoms with Gasteiger partial charge in [-0.2, -0.15) is 0 Å². The van der Waals surface area contributed by atoms with Gasteiger partial charge in [0.15, 0.2) is 11.5 Å². The van der Waals surface area contributed by atoms with Crippen LogP contribution in [0.1, 0.15) is 28.3 Å². The van der Waals surface area contributed by atoms with Gasteiger partial charge in [0.25, 0.3) is 0 Å². The molecule has 2 aromatic heterocycles. The quantitative estimate of drug-likeness (QED) is 0.898. The molecule has 0 saturated carbocycles. The number of carboxylic acids is 1. The van der Waals surface area contributed by atoms with Crippen LogP contribution in [-0.2, 0) is 0 Å². The van der Waals surface area contributed by atoms with Crippen LogP contribution in [0.2, 0.25) is 0 Å². The molecule has 0 aliphatic heterocycles. The van der Waals surface area contributed by atoms with Crippen LogP contribution in [0.5, 0.6) is 0 Å². The molecule has 1 unspecified atom stereocenters. The number of nitrogens with two attached hydrogens (primary N) is 1. The van der Waals surface area contributed by atoms with E-state index in [9.17, 15) is 4.79 Å². The van der Waals surface area contributed by atoms with Gasteiger partial charge < -0.3 is 15.7 Å². The topological polar surface area (TPSA) is 79.5 Å². The van der Waals surface area contributed by atoms with Crippen LogP contribution in [0.3, 0.4) is 0 Å². The van der Waals surface area contributed by atoms with Crippen LogP contribution in [0, 0.1) is 0 Å². The summed E-state index contributed by atoms with van der Waals surface area (Å²) in [4.78, 5) is 18.1. The Labute approximate surface area is 115 Å². The maximum Gasteiger partial charge on any atom is 0.354 e. The first-order valence-corrected chi connectivity index (χ1v) is 6.64. The van der Waals surface area contributed by atoms with Crippen molar-refractivity contribution < 1.29 is 9.90 Å². The highest BCUT2D eigenvalue weighted by atomic mass is 32.1. The number of pyridine rings is 1. The van der Waals surface area contributed by atoms with Gasteiger partial charge in [-0.15, -0.1) is 11.3 Å². The minimum absolute atomic E-state index is 0.00516. The molecule has 0 amide bonds. The van der Waals surface area contributed by atoms with Crippen molar-refractivity contribution in [2.24, 2.45) is 0 Å². The molecule has 2 rings (SSSR count). The van der Waals surface area contributed by atoms with Crippen molar-refractivity contribution in [3.63, 3.8) is 0 Å². The zero-order valence-electron chi connectivity index (χ0n) is 10.7. The van der Waals surface area contributed by atoms with Crippen LogP contribution in [0.25, 0.3) is 0 Å². The van der Waals surface area contributed by atoms with Gasteiger partial charge in [0, 0.05) is 11.9 Å². The molecule has 0 spiro atoms. The summed E-state index contributed by atoms with van der Waals surface area (Å²) in [6, 6.07) is 7.07. The van der Waals surface area contributed by atoms with Gasteiger partial charge in [-0.25, -0.2) is 9.78 Å². The Bertz CT molecular complexity index is 584. The maximum atomic E-state index is 11.0. The Morgan fingerprint density at radius 3 is 2.79 bits per heavy atom. The third-order valence-corrected chi connectivity index (χ3v) is 4.04. The van der Waals surface area contributed by atoms with E-state index < -0.39 is 5.97 Å². The van der Waals surface area contributed by atoms with Gasteiger partial charge in [-0.1, -0.05) is 6.07 Å². The summed E-state index contributed by atoms with van der Waals surface area (Å²) in [5.41, 5.74) is 6.35. The zero-order chi connectivity index (χ0) is 14.0. The number of carboxylic acid groups (broad SMARTS) is 1. The molecule has 100 valence electrons. The van der Waals surface area contributed by atoms with Crippen LogP contribution in [-0.4, -0.2) is 23.1 Å². The molecule has 0 radical (unpaired) electrons. The average molecular weight is 277 g/mol. The van der Waals surface area contributed by atoms with Crippen LogP contribution >= 0.6 is 11.3 Å². The van der Waals surface area contributed by atoms with Crippen molar-refractivity contribution in [2.75, 3.05) is 17.7 Å². The van der Waals surface area contributed by atoms with Gasteiger partial charge in [-0.3, -0.25) is 0 Å². The highest BCUT2D eigenvalue weighted by molar-refractivity contribution is 7.10. The number of thiophene rings is 1. The second-order valence-electron chi connectivity index (χ2n) is 4.22. The van der Waals surface area contributed by atoms with Crippen LogP contribution in [0.4, 0.5) is 11.5 Å². The van der Waals surface area contributed by atoms with Gasteiger partial charge in [-0.05, 0) is 30.5 Å². The number of aromatic nitrogens is 1. The van der Waals surface area contributed by atoms with Gasteiger partial charge in [0.05, 0.1) is 11.7 Å². The van der Waals surface area contributed by atoms with E-state index in [2.05, 4.69) is 4.98 Å². The number of rotatable bonds is 4. The van der Waals surface area contributed by atoms with Crippen molar-refractivity contribution >= 4 is 28.8 Å². The molecule has 6 heteroatoms. The lowest BCUT2D eigenvalue weighted by molar-refractivity contribution is 0.0690. The Kier molecular flexibility index (Phi) is 3.71. The third-order valence-electron chi connectivity index (χ3n) is 2.99. The number of nitrogens with zero attached hydrogens (tertiary/aromatic N) is 2. The summed E-state index contributed by atoms with van der Waals surface area (Å²) in [6.45, 7) is 2.03. The summed E-state index contributed by atoms with van der Waals surface area (Å²) in [5, 5.41) is 11.0. The lowest BCUT2D eigenvalue weighted by atomic mass is 10.2. The number of hydrogen-bond acceptors (Lipinski definition) is 5. The fourth-order valence-corrected chi connectivity index (χ4v) is 2.59. The Balaban J connectivity index is 2.35. The Hall–Kier alpha value is -2.08. The second-order valence-corrected chi connectivity index (χ2v) is 5.20. The van der Waals surface area contributed by atoms with Crippen molar-refractivity contribution in [1.82, 2.24) is 4.98 Å². The standard InChI is InChI=1S/C13H15N3O2S/c1-8(11-4-3-7-19-11)16(2)12-9(14)5-6-10(15-12)13(17)18/h3-8H,14H2,1-2H3,(H,17,18). The number of hydrogen-bond donors (Lipinski definition) is 2. The fourth-order valence-electron chi connectivity index (χ4n) is 1.76. The second kappa shape index (κ2) is 5.27. The normalized spacial score (nSPS) is 12.1. The highest BCUT2D eigenvalue weighted by Gasteiger charge is 2.18. The number of aromatic carboxylic acids is 1. The lowest BCUT2D eigenvalue weighted by Crippen LogP contribution is -2.23. The predicted octanol–water partition coefficient (Wildman–Crippen LogP) is 2.62. The molecule has 3 N–H and O–H groups in total. The lowest BCUT2D eigenvalue weighted by Gasteiger charge is -2.26. The molecule has 0 aliphatic rings. The summed E-state index contributed by atoms with van der Waals surface area (Å²) in [6.07, 6.45) is 0. The molecule has 2 aromatic rings. The summed E-state index contributed by atoms with van der Waals surface area (Å²) in [5.74, 6) is -0.570.